The van der Waals surface area contributed by atoms with Gasteiger partial charge in [-0.25, -0.2) is 4.79 Å². The number of likely N-dealkylation sites (tertiary alicyclic amines) is 1. The molecule has 0 saturated carbocycles. The summed E-state index contributed by atoms with van der Waals surface area (Å²) in [6.07, 6.45) is 4.07. The number of urea groups is 1. The maximum absolute atomic E-state index is 12.5. The molecule has 1 aromatic carbocycles. The van der Waals surface area contributed by atoms with E-state index in [4.69, 9.17) is 0 Å². The highest BCUT2D eigenvalue weighted by molar-refractivity contribution is 5.90. The molecule has 3 rings (SSSR count). The van der Waals surface area contributed by atoms with Crippen LogP contribution in [0.5, 0.6) is 0 Å². The molecule has 6 nitrogen and oxygen atoms in total. The van der Waals surface area contributed by atoms with E-state index < -0.39 is 0 Å². The van der Waals surface area contributed by atoms with E-state index in [0.29, 0.717) is 19.0 Å². The molecule has 2 aliphatic heterocycles. The molecule has 6 heteroatoms. The molecular formula is C19H28N4O2. The number of hydrogen-bond acceptors (Lipinski definition) is 3. The highest BCUT2D eigenvalue weighted by Crippen LogP contribution is 2.18. The molecule has 0 radical (unpaired) electrons. The van der Waals surface area contributed by atoms with Crippen LogP contribution in [0.15, 0.2) is 30.3 Å². The molecule has 3 N–H and O–H groups in total. The van der Waals surface area contributed by atoms with E-state index >= 15 is 0 Å². The Hall–Kier alpha value is -2.08. The highest BCUT2D eigenvalue weighted by atomic mass is 16.2. The number of nitrogens with one attached hydrogen (secondary N) is 3. The zero-order valence-corrected chi connectivity index (χ0v) is 14.7. The summed E-state index contributed by atoms with van der Waals surface area (Å²) in [5.74, 6) is 0.508. The quantitative estimate of drug-likeness (QED) is 0.783. The summed E-state index contributed by atoms with van der Waals surface area (Å²) in [7, 11) is 0. The van der Waals surface area contributed by atoms with E-state index in [1.54, 1.807) is 4.90 Å². The van der Waals surface area contributed by atoms with Gasteiger partial charge in [-0.2, -0.15) is 0 Å². The standard InChI is InChI=1S/C19H28N4O2/c24-18(21-13-15-6-4-10-20-12-15)16-7-5-11-23(14-16)19(25)22-17-8-2-1-3-9-17/h1-3,8-9,15-16,20H,4-7,10-14H2,(H,21,24)(H,22,25). The Labute approximate surface area is 149 Å². The Morgan fingerprint density at radius 3 is 2.76 bits per heavy atom. The number of para-hydroxylation sites is 1. The number of nitrogens with zero attached hydrogens (tertiary/aromatic N) is 1. The van der Waals surface area contributed by atoms with E-state index in [2.05, 4.69) is 16.0 Å². The third kappa shape index (κ3) is 5.19. The number of carbonyl (C=O) groups excluding carboxylic acids is 2. The summed E-state index contributed by atoms with van der Waals surface area (Å²) in [6, 6.07) is 9.30. The number of benzene rings is 1. The van der Waals surface area contributed by atoms with Crippen LogP contribution in [0.3, 0.4) is 0 Å². The maximum Gasteiger partial charge on any atom is 0.321 e. The average Bonchev–Trinajstić information content (AvgIpc) is 2.68. The van der Waals surface area contributed by atoms with Crippen LogP contribution in [0.1, 0.15) is 25.7 Å². The van der Waals surface area contributed by atoms with Crippen LogP contribution < -0.4 is 16.0 Å². The van der Waals surface area contributed by atoms with E-state index in [1.165, 1.54) is 12.8 Å². The fourth-order valence-corrected chi connectivity index (χ4v) is 3.59. The molecule has 2 saturated heterocycles. The van der Waals surface area contributed by atoms with Crippen molar-refractivity contribution in [1.29, 1.82) is 0 Å². The molecule has 2 fully saturated rings. The smallest absolute Gasteiger partial charge is 0.321 e. The Morgan fingerprint density at radius 1 is 1.16 bits per heavy atom. The largest absolute Gasteiger partial charge is 0.355 e. The highest BCUT2D eigenvalue weighted by Gasteiger charge is 2.28. The van der Waals surface area contributed by atoms with Gasteiger partial charge in [-0.15, -0.1) is 0 Å². The zero-order chi connectivity index (χ0) is 17.5. The van der Waals surface area contributed by atoms with Gasteiger partial charge in [-0.1, -0.05) is 18.2 Å². The van der Waals surface area contributed by atoms with Crippen LogP contribution in [-0.4, -0.2) is 49.6 Å². The third-order valence-electron chi connectivity index (χ3n) is 5.07. The summed E-state index contributed by atoms with van der Waals surface area (Å²) >= 11 is 0. The predicted octanol–water partition coefficient (Wildman–Crippen LogP) is 2.05. The molecule has 1 aromatic rings. The number of amides is 3. The van der Waals surface area contributed by atoms with Gasteiger partial charge >= 0.3 is 6.03 Å². The van der Waals surface area contributed by atoms with Gasteiger partial charge in [0.05, 0.1) is 5.92 Å². The van der Waals surface area contributed by atoms with Crippen molar-refractivity contribution in [2.75, 3.05) is 38.0 Å². The van der Waals surface area contributed by atoms with Crippen molar-refractivity contribution >= 4 is 17.6 Å². The Balaban J connectivity index is 1.46. The van der Waals surface area contributed by atoms with Crippen molar-refractivity contribution in [2.45, 2.75) is 25.7 Å². The van der Waals surface area contributed by atoms with Crippen molar-refractivity contribution in [1.82, 2.24) is 15.5 Å². The summed E-state index contributed by atoms with van der Waals surface area (Å²) in [5, 5.41) is 9.37. The number of anilines is 1. The molecule has 0 aliphatic carbocycles. The normalized spacial score (nSPS) is 23.8. The van der Waals surface area contributed by atoms with Crippen molar-refractivity contribution in [3.8, 4) is 0 Å². The van der Waals surface area contributed by atoms with Gasteiger partial charge < -0.3 is 20.9 Å². The van der Waals surface area contributed by atoms with Gasteiger partial charge in [0.25, 0.3) is 0 Å². The Kier molecular flexibility index (Phi) is 6.28. The van der Waals surface area contributed by atoms with Crippen molar-refractivity contribution in [3.05, 3.63) is 30.3 Å². The number of carbonyl (C=O) groups is 2. The molecular weight excluding hydrogens is 316 g/mol. The van der Waals surface area contributed by atoms with Crippen LogP contribution in [-0.2, 0) is 4.79 Å². The zero-order valence-electron chi connectivity index (χ0n) is 14.7. The van der Waals surface area contributed by atoms with Gasteiger partial charge in [0.15, 0.2) is 0 Å². The second-order valence-corrected chi connectivity index (χ2v) is 7.04. The molecule has 25 heavy (non-hydrogen) atoms. The maximum atomic E-state index is 12.5. The summed E-state index contributed by atoms with van der Waals surface area (Å²) in [6.45, 7) is 4.00. The lowest BCUT2D eigenvalue weighted by atomic mass is 9.96. The predicted molar refractivity (Wildman–Crippen MR) is 98.4 cm³/mol. The lowest BCUT2D eigenvalue weighted by Crippen LogP contribution is -2.48. The third-order valence-corrected chi connectivity index (χ3v) is 5.07. The topological polar surface area (TPSA) is 73.5 Å². The summed E-state index contributed by atoms with van der Waals surface area (Å²) in [5.41, 5.74) is 0.781. The van der Waals surface area contributed by atoms with Gasteiger partial charge in [-0.3, -0.25) is 4.79 Å². The minimum absolute atomic E-state index is 0.0859. The number of piperidine rings is 2. The Bertz CT molecular complexity index is 572. The molecule has 2 unspecified atom stereocenters. The van der Waals surface area contributed by atoms with Gasteiger partial charge in [-0.05, 0) is 56.8 Å². The average molecular weight is 344 g/mol. The lowest BCUT2D eigenvalue weighted by Gasteiger charge is -2.32. The van der Waals surface area contributed by atoms with Crippen molar-refractivity contribution in [3.63, 3.8) is 0 Å². The molecule has 3 amide bonds. The Morgan fingerprint density at radius 2 is 2.00 bits per heavy atom. The SMILES string of the molecule is O=C(NCC1CCCNC1)C1CCCN(C(=O)Nc2ccccc2)C1. The van der Waals surface area contributed by atoms with Crippen molar-refractivity contribution < 1.29 is 9.59 Å². The molecule has 0 spiro atoms. The van der Waals surface area contributed by atoms with E-state index in [9.17, 15) is 9.59 Å². The molecule has 136 valence electrons. The van der Waals surface area contributed by atoms with Crippen LogP contribution in [0, 0.1) is 11.8 Å². The van der Waals surface area contributed by atoms with E-state index in [0.717, 1.165) is 38.2 Å². The fraction of sp³-hybridized carbons (Fsp3) is 0.579. The molecule has 2 atom stereocenters. The molecule has 0 bridgehead atoms. The first-order valence-corrected chi connectivity index (χ1v) is 9.32. The first-order chi connectivity index (χ1) is 12.2. The van der Waals surface area contributed by atoms with Crippen LogP contribution in [0.25, 0.3) is 0 Å². The second-order valence-electron chi connectivity index (χ2n) is 7.04. The van der Waals surface area contributed by atoms with Gasteiger partial charge in [0.1, 0.15) is 0 Å². The van der Waals surface area contributed by atoms with Crippen molar-refractivity contribution in [2.24, 2.45) is 11.8 Å². The van der Waals surface area contributed by atoms with E-state index in [1.807, 2.05) is 30.3 Å². The lowest BCUT2D eigenvalue weighted by molar-refractivity contribution is -0.126. The minimum Gasteiger partial charge on any atom is -0.355 e. The van der Waals surface area contributed by atoms with Gasteiger partial charge in [0.2, 0.25) is 5.91 Å². The monoisotopic (exact) mass is 344 g/mol. The number of hydrogen-bond donors (Lipinski definition) is 3. The van der Waals surface area contributed by atoms with Crippen LogP contribution >= 0.6 is 0 Å². The first kappa shape index (κ1) is 17.7. The molecule has 2 aliphatic rings. The second kappa shape index (κ2) is 8.85. The number of rotatable bonds is 4. The fourth-order valence-electron chi connectivity index (χ4n) is 3.59. The molecule has 0 aromatic heterocycles. The summed E-state index contributed by atoms with van der Waals surface area (Å²) < 4.78 is 0. The van der Waals surface area contributed by atoms with Crippen LogP contribution in [0.2, 0.25) is 0 Å². The van der Waals surface area contributed by atoms with Gasteiger partial charge in [0, 0.05) is 25.3 Å². The minimum atomic E-state index is -0.125. The van der Waals surface area contributed by atoms with E-state index in [-0.39, 0.29) is 17.9 Å². The summed E-state index contributed by atoms with van der Waals surface area (Å²) in [4.78, 5) is 26.6. The first-order valence-electron chi connectivity index (χ1n) is 9.32. The van der Waals surface area contributed by atoms with Crippen LogP contribution in [0.4, 0.5) is 10.5 Å². The molecule has 2 heterocycles.